The molecule has 0 spiro atoms. The first-order valence-electron chi connectivity index (χ1n) is 5.27. The van der Waals surface area contributed by atoms with Crippen molar-refractivity contribution < 1.29 is 9.18 Å². The van der Waals surface area contributed by atoms with Crippen molar-refractivity contribution >= 4 is 24.2 Å². The highest BCUT2D eigenvalue weighted by atomic mass is 32.1. The normalized spacial score (nSPS) is 10.4. The van der Waals surface area contributed by atoms with Crippen molar-refractivity contribution in [3.8, 4) is 0 Å². The van der Waals surface area contributed by atoms with Gasteiger partial charge in [-0.05, 0) is 25.1 Å². The summed E-state index contributed by atoms with van der Waals surface area (Å²) in [5.74, 6) is -1.09. The van der Waals surface area contributed by atoms with Gasteiger partial charge in [0.05, 0.1) is 16.9 Å². The Morgan fingerprint density at radius 1 is 1.50 bits per heavy atom. The van der Waals surface area contributed by atoms with Gasteiger partial charge in [0.1, 0.15) is 5.82 Å². The molecule has 6 heteroatoms. The van der Waals surface area contributed by atoms with Crippen LogP contribution in [0.4, 0.5) is 10.1 Å². The summed E-state index contributed by atoms with van der Waals surface area (Å²) in [5, 5.41) is 6.71. The van der Waals surface area contributed by atoms with E-state index in [-0.39, 0.29) is 5.56 Å². The number of amides is 1. The van der Waals surface area contributed by atoms with Crippen LogP contribution in [-0.2, 0) is 7.05 Å². The summed E-state index contributed by atoms with van der Waals surface area (Å²) >= 11 is 4.08. The number of rotatable bonds is 2. The van der Waals surface area contributed by atoms with Gasteiger partial charge in [0.2, 0.25) is 0 Å². The third-order valence-electron chi connectivity index (χ3n) is 2.46. The number of aromatic nitrogens is 2. The van der Waals surface area contributed by atoms with Crippen molar-refractivity contribution in [2.45, 2.75) is 11.8 Å². The average molecular weight is 265 g/mol. The molecular weight excluding hydrogens is 253 g/mol. The summed E-state index contributed by atoms with van der Waals surface area (Å²) < 4.78 is 15.1. The Morgan fingerprint density at radius 3 is 2.83 bits per heavy atom. The maximum atomic E-state index is 13.5. The van der Waals surface area contributed by atoms with Crippen molar-refractivity contribution in [1.29, 1.82) is 0 Å². The van der Waals surface area contributed by atoms with Gasteiger partial charge in [-0.1, -0.05) is 0 Å². The average Bonchev–Trinajstić information content (AvgIpc) is 2.61. The summed E-state index contributed by atoms with van der Waals surface area (Å²) in [6, 6.07) is 4.09. The summed E-state index contributed by atoms with van der Waals surface area (Å²) in [6.07, 6.45) is 1.66. The molecule has 1 amide bonds. The number of hydrogen-bond acceptors (Lipinski definition) is 3. The van der Waals surface area contributed by atoms with E-state index < -0.39 is 11.7 Å². The second kappa shape index (κ2) is 4.81. The van der Waals surface area contributed by atoms with Crippen molar-refractivity contribution in [3.05, 3.63) is 41.5 Å². The van der Waals surface area contributed by atoms with Gasteiger partial charge in [0.25, 0.3) is 5.91 Å². The standard InChI is InChI=1S/C12H12FN3OS/c1-7-11(6-16(2)15-7)14-12(17)9-5-8(18)3-4-10(9)13/h3-6,18H,1-2H3,(H,14,17). The quantitative estimate of drug-likeness (QED) is 0.819. The third kappa shape index (κ3) is 2.53. The summed E-state index contributed by atoms with van der Waals surface area (Å²) in [5.41, 5.74) is 1.20. The molecule has 0 radical (unpaired) electrons. The van der Waals surface area contributed by atoms with Crippen LogP contribution in [0.15, 0.2) is 29.3 Å². The Balaban J connectivity index is 2.27. The van der Waals surface area contributed by atoms with Crippen LogP contribution in [0.3, 0.4) is 0 Å². The number of anilines is 1. The molecule has 0 saturated carbocycles. The molecular formula is C12H12FN3OS. The number of carbonyl (C=O) groups is 1. The zero-order chi connectivity index (χ0) is 13.3. The molecule has 0 unspecified atom stereocenters. The largest absolute Gasteiger partial charge is 0.319 e. The zero-order valence-electron chi connectivity index (χ0n) is 9.94. The second-order valence-corrected chi connectivity index (χ2v) is 4.44. The topological polar surface area (TPSA) is 46.9 Å². The molecule has 18 heavy (non-hydrogen) atoms. The Hall–Kier alpha value is -1.82. The van der Waals surface area contributed by atoms with E-state index in [1.54, 1.807) is 24.9 Å². The number of carbonyl (C=O) groups excluding carboxylic acids is 1. The Morgan fingerprint density at radius 2 is 2.22 bits per heavy atom. The smallest absolute Gasteiger partial charge is 0.258 e. The van der Waals surface area contributed by atoms with Crippen LogP contribution in [0.1, 0.15) is 16.1 Å². The lowest BCUT2D eigenvalue weighted by molar-refractivity contribution is 0.102. The highest BCUT2D eigenvalue weighted by molar-refractivity contribution is 7.80. The highest BCUT2D eigenvalue weighted by Gasteiger charge is 2.14. The van der Waals surface area contributed by atoms with Gasteiger partial charge in [-0.25, -0.2) is 4.39 Å². The highest BCUT2D eigenvalue weighted by Crippen LogP contribution is 2.17. The lowest BCUT2D eigenvalue weighted by Gasteiger charge is -2.05. The molecule has 0 atom stereocenters. The number of benzene rings is 1. The molecule has 1 aromatic carbocycles. The van der Waals surface area contributed by atoms with Gasteiger partial charge >= 0.3 is 0 Å². The minimum absolute atomic E-state index is 0.0363. The van der Waals surface area contributed by atoms with E-state index in [4.69, 9.17) is 0 Å². The fourth-order valence-corrected chi connectivity index (χ4v) is 1.80. The van der Waals surface area contributed by atoms with Gasteiger partial charge in [-0.2, -0.15) is 5.10 Å². The maximum absolute atomic E-state index is 13.5. The van der Waals surface area contributed by atoms with E-state index in [2.05, 4.69) is 23.0 Å². The van der Waals surface area contributed by atoms with E-state index in [0.717, 1.165) is 0 Å². The van der Waals surface area contributed by atoms with Crippen LogP contribution >= 0.6 is 12.6 Å². The van der Waals surface area contributed by atoms with Crippen LogP contribution in [0.5, 0.6) is 0 Å². The molecule has 1 aromatic heterocycles. The fraction of sp³-hybridized carbons (Fsp3) is 0.167. The van der Waals surface area contributed by atoms with Crippen molar-refractivity contribution in [3.63, 3.8) is 0 Å². The van der Waals surface area contributed by atoms with E-state index in [1.165, 1.54) is 18.2 Å². The fourth-order valence-electron chi connectivity index (χ4n) is 1.60. The molecule has 94 valence electrons. The van der Waals surface area contributed by atoms with E-state index in [1.807, 2.05) is 0 Å². The van der Waals surface area contributed by atoms with Gasteiger partial charge in [-0.3, -0.25) is 9.48 Å². The second-order valence-electron chi connectivity index (χ2n) is 3.92. The van der Waals surface area contributed by atoms with Crippen LogP contribution in [0.2, 0.25) is 0 Å². The lowest BCUT2D eigenvalue weighted by Crippen LogP contribution is -2.14. The number of halogens is 1. The summed E-state index contributed by atoms with van der Waals surface area (Å²) in [7, 11) is 1.75. The predicted molar refractivity (Wildman–Crippen MR) is 69.6 cm³/mol. The first-order chi connectivity index (χ1) is 8.47. The number of nitrogens with one attached hydrogen (secondary N) is 1. The maximum Gasteiger partial charge on any atom is 0.258 e. The molecule has 0 bridgehead atoms. The summed E-state index contributed by atoms with van der Waals surface area (Å²) in [4.78, 5) is 12.5. The summed E-state index contributed by atoms with van der Waals surface area (Å²) in [6.45, 7) is 1.76. The zero-order valence-corrected chi connectivity index (χ0v) is 10.8. The molecule has 2 aromatic rings. The first-order valence-corrected chi connectivity index (χ1v) is 5.72. The van der Waals surface area contributed by atoms with E-state index in [9.17, 15) is 9.18 Å². The molecule has 1 heterocycles. The van der Waals surface area contributed by atoms with E-state index in [0.29, 0.717) is 16.3 Å². The number of hydrogen-bond donors (Lipinski definition) is 2. The third-order valence-corrected chi connectivity index (χ3v) is 2.73. The molecule has 2 rings (SSSR count). The van der Waals surface area contributed by atoms with Gasteiger partial charge in [0.15, 0.2) is 0 Å². The molecule has 1 N–H and O–H groups in total. The SMILES string of the molecule is Cc1nn(C)cc1NC(=O)c1cc(S)ccc1F. The van der Waals surface area contributed by atoms with Crippen LogP contribution in [-0.4, -0.2) is 15.7 Å². The molecule has 4 nitrogen and oxygen atoms in total. The Kier molecular flexibility index (Phi) is 3.38. The Labute approximate surface area is 109 Å². The van der Waals surface area contributed by atoms with Crippen LogP contribution in [0, 0.1) is 12.7 Å². The molecule has 0 saturated heterocycles. The lowest BCUT2D eigenvalue weighted by atomic mass is 10.2. The molecule has 0 aliphatic rings. The van der Waals surface area contributed by atoms with Crippen molar-refractivity contribution in [1.82, 2.24) is 9.78 Å². The van der Waals surface area contributed by atoms with Gasteiger partial charge in [0, 0.05) is 18.1 Å². The minimum atomic E-state index is -0.577. The van der Waals surface area contributed by atoms with Crippen LogP contribution < -0.4 is 5.32 Å². The first kappa shape index (κ1) is 12.6. The van der Waals surface area contributed by atoms with Gasteiger partial charge in [-0.15, -0.1) is 12.6 Å². The monoisotopic (exact) mass is 265 g/mol. The van der Waals surface area contributed by atoms with Crippen molar-refractivity contribution in [2.24, 2.45) is 7.05 Å². The Bertz CT molecular complexity index is 609. The van der Waals surface area contributed by atoms with E-state index >= 15 is 0 Å². The number of thiol groups is 1. The van der Waals surface area contributed by atoms with Gasteiger partial charge < -0.3 is 5.32 Å². The number of aryl methyl sites for hydroxylation is 2. The molecule has 0 fully saturated rings. The number of nitrogens with zero attached hydrogens (tertiary/aromatic N) is 2. The minimum Gasteiger partial charge on any atom is -0.319 e. The van der Waals surface area contributed by atoms with Crippen LogP contribution in [0.25, 0.3) is 0 Å². The molecule has 0 aliphatic carbocycles. The predicted octanol–water partition coefficient (Wildman–Crippen LogP) is 2.41. The molecule has 0 aliphatic heterocycles. The van der Waals surface area contributed by atoms with Crippen molar-refractivity contribution in [2.75, 3.05) is 5.32 Å².